The van der Waals surface area contributed by atoms with Crippen LogP contribution in [0.2, 0.25) is 5.02 Å². The van der Waals surface area contributed by atoms with Crippen molar-refractivity contribution < 1.29 is 4.74 Å². The van der Waals surface area contributed by atoms with E-state index in [2.05, 4.69) is 22.9 Å². The Balaban J connectivity index is 2.26. The molecular weight excluding hydrogens is 347 g/mol. The normalized spacial score (nSPS) is 10.5. The van der Waals surface area contributed by atoms with Crippen molar-refractivity contribution in [2.75, 3.05) is 0 Å². The van der Waals surface area contributed by atoms with Gasteiger partial charge in [-0.15, -0.1) is 11.6 Å². The lowest BCUT2D eigenvalue weighted by Crippen LogP contribution is -1.89. The Morgan fingerprint density at radius 2 is 1.95 bits per heavy atom. The number of halogens is 3. The third-order valence-corrected chi connectivity index (χ3v) is 4.07. The van der Waals surface area contributed by atoms with Gasteiger partial charge in [-0.1, -0.05) is 24.6 Å². The standard InChI is InChI=1S/C15H13BrCl2O/c1-2-11-8-12(4-5-14(11)18)19-15-6-3-10(9-17)7-13(15)16/h3-8H,2,9H2,1H3. The van der Waals surface area contributed by atoms with Crippen molar-refractivity contribution >= 4 is 39.1 Å². The van der Waals surface area contributed by atoms with Crippen LogP contribution in [0.15, 0.2) is 40.9 Å². The van der Waals surface area contributed by atoms with Crippen molar-refractivity contribution in [2.24, 2.45) is 0 Å². The molecule has 0 atom stereocenters. The molecule has 0 saturated carbocycles. The molecule has 0 aliphatic carbocycles. The van der Waals surface area contributed by atoms with Crippen LogP contribution in [-0.4, -0.2) is 0 Å². The van der Waals surface area contributed by atoms with Gasteiger partial charge in [0.15, 0.2) is 0 Å². The average Bonchev–Trinajstić information content (AvgIpc) is 2.43. The second-order valence-electron chi connectivity index (χ2n) is 4.11. The van der Waals surface area contributed by atoms with Crippen LogP contribution in [0.3, 0.4) is 0 Å². The van der Waals surface area contributed by atoms with Gasteiger partial charge in [-0.2, -0.15) is 0 Å². The molecule has 0 spiro atoms. The van der Waals surface area contributed by atoms with E-state index >= 15 is 0 Å². The summed E-state index contributed by atoms with van der Waals surface area (Å²) < 4.78 is 6.75. The van der Waals surface area contributed by atoms with Gasteiger partial charge in [0.05, 0.1) is 4.47 Å². The highest BCUT2D eigenvalue weighted by atomic mass is 79.9. The van der Waals surface area contributed by atoms with E-state index in [4.69, 9.17) is 27.9 Å². The molecule has 0 saturated heterocycles. The molecule has 100 valence electrons. The van der Waals surface area contributed by atoms with Crippen LogP contribution in [0.25, 0.3) is 0 Å². The van der Waals surface area contributed by atoms with Crippen LogP contribution in [-0.2, 0) is 12.3 Å². The molecule has 0 radical (unpaired) electrons. The van der Waals surface area contributed by atoms with E-state index in [1.54, 1.807) is 0 Å². The number of alkyl halides is 1. The minimum absolute atomic E-state index is 0.486. The first kappa shape index (κ1) is 14.7. The molecule has 0 N–H and O–H groups in total. The van der Waals surface area contributed by atoms with Gasteiger partial charge in [-0.05, 0) is 63.8 Å². The van der Waals surface area contributed by atoms with Crippen LogP contribution in [0.1, 0.15) is 18.1 Å². The smallest absolute Gasteiger partial charge is 0.141 e. The number of hydrogen-bond acceptors (Lipinski definition) is 1. The molecule has 1 nitrogen and oxygen atoms in total. The quantitative estimate of drug-likeness (QED) is 0.591. The Morgan fingerprint density at radius 1 is 1.16 bits per heavy atom. The van der Waals surface area contributed by atoms with E-state index in [0.717, 1.165) is 38.5 Å². The summed E-state index contributed by atoms with van der Waals surface area (Å²) in [7, 11) is 0. The number of benzene rings is 2. The number of rotatable bonds is 4. The summed E-state index contributed by atoms with van der Waals surface area (Å²) in [4.78, 5) is 0. The van der Waals surface area contributed by atoms with Crippen LogP contribution < -0.4 is 4.74 Å². The maximum atomic E-state index is 6.09. The lowest BCUT2D eigenvalue weighted by atomic mass is 10.1. The maximum Gasteiger partial charge on any atom is 0.141 e. The summed E-state index contributed by atoms with van der Waals surface area (Å²) in [6.07, 6.45) is 0.877. The fraction of sp³-hybridized carbons (Fsp3) is 0.200. The Hall–Kier alpha value is -0.700. The van der Waals surface area contributed by atoms with E-state index in [0.29, 0.717) is 5.88 Å². The molecule has 19 heavy (non-hydrogen) atoms. The fourth-order valence-corrected chi connectivity index (χ4v) is 2.65. The summed E-state index contributed by atoms with van der Waals surface area (Å²) in [5.41, 5.74) is 2.12. The number of aryl methyl sites for hydroxylation is 1. The first-order chi connectivity index (χ1) is 9.13. The molecular formula is C15H13BrCl2O. The third kappa shape index (κ3) is 3.65. The van der Waals surface area contributed by atoms with Gasteiger partial charge < -0.3 is 4.74 Å². The molecule has 0 amide bonds. The zero-order valence-corrected chi connectivity index (χ0v) is 13.5. The average molecular weight is 360 g/mol. The monoisotopic (exact) mass is 358 g/mol. The van der Waals surface area contributed by atoms with Gasteiger partial charge in [0.2, 0.25) is 0 Å². The topological polar surface area (TPSA) is 9.23 Å². The lowest BCUT2D eigenvalue weighted by Gasteiger charge is -2.10. The van der Waals surface area contributed by atoms with Gasteiger partial charge in [0.1, 0.15) is 11.5 Å². The highest BCUT2D eigenvalue weighted by Crippen LogP contribution is 2.32. The minimum atomic E-state index is 0.486. The summed E-state index contributed by atoms with van der Waals surface area (Å²) in [5.74, 6) is 2.03. The molecule has 0 bridgehead atoms. The Labute approximate surface area is 131 Å². The Morgan fingerprint density at radius 3 is 2.58 bits per heavy atom. The second kappa shape index (κ2) is 6.65. The van der Waals surface area contributed by atoms with Gasteiger partial charge in [-0.25, -0.2) is 0 Å². The predicted octanol–water partition coefficient (Wildman–Crippen LogP) is 6.20. The lowest BCUT2D eigenvalue weighted by molar-refractivity contribution is 0.479. The van der Waals surface area contributed by atoms with Crippen molar-refractivity contribution in [3.8, 4) is 11.5 Å². The number of ether oxygens (including phenoxy) is 1. The largest absolute Gasteiger partial charge is 0.456 e. The summed E-state index contributed by atoms with van der Waals surface area (Å²) in [5, 5.41) is 0.770. The van der Waals surface area contributed by atoms with Gasteiger partial charge >= 0.3 is 0 Å². The molecule has 0 aromatic heterocycles. The van der Waals surface area contributed by atoms with Crippen molar-refractivity contribution in [1.29, 1.82) is 0 Å². The summed E-state index contributed by atoms with van der Waals surface area (Å²) in [6, 6.07) is 11.5. The minimum Gasteiger partial charge on any atom is -0.456 e. The first-order valence-corrected chi connectivity index (χ1v) is 7.65. The first-order valence-electron chi connectivity index (χ1n) is 5.94. The molecule has 2 aromatic rings. The second-order valence-corrected chi connectivity index (χ2v) is 5.64. The highest BCUT2D eigenvalue weighted by Gasteiger charge is 2.06. The van der Waals surface area contributed by atoms with Gasteiger partial charge in [-0.3, -0.25) is 0 Å². The van der Waals surface area contributed by atoms with Gasteiger partial charge in [0, 0.05) is 10.9 Å². The fourth-order valence-electron chi connectivity index (χ4n) is 1.72. The van der Waals surface area contributed by atoms with Crippen molar-refractivity contribution in [3.63, 3.8) is 0 Å². The van der Waals surface area contributed by atoms with E-state index in [1.807, 2.05) is 36.4 Å². The molecule has 0 heterocycles. The highest BCUT2D eigenvalue weighted by molar-refractivity contribution is 9.10. The number of hydrogen-bond donors (Lipinski definition) is 0. The van der Waals surface area contributed by atoms with Crippen LogP contribution in [0.4, 0.5) is 0 Å². The van der Waals surface area contributed by atoms with Crippen molar-refractivity contribution in [1.82, 2.24) is 0 Å². The van der Waals surface area contributed by atoms with E-state index in [9.17, 15) is 0 Å². The van der Waals surface area contributed by atoms with Crippen LogP contribution in [0.5, 0.6) is 11.5 Å². The zero-order valence-electron chi connectivity index (χ0n) is 10.4. The molecule has 0 aliphatic heterocycles. The molecule has 0 unspecified atom stereocenters. The Kier molecular flexibility index (Phi) is 5.14. The maximum absolute atomic E-state index is 6.09. The molecule has 0 fully saturated rings. The Bertz CT molecular complexity index is 584. The van der Waals surface area contributed by atoms with Crippen molar-refractivity contribution in [3.05, 3.63) is 57.0 Å². The van der Waals surface area contributed by atoms with E-state index in [-0.39, 0.29) is 0 Å². The van der Waals surface area contributed by atoms with E-state index in [1.165, 1.54) is 0 Å². The van der Waals surface area contributed by atoms with E-state index < -0.39 is 0 Å². The molecule has 2 rings (SSSR count). The molecule has 4 heteroatoms. The van der Waals surface area contributed by atoms with Crippen molar-refractivity contribution in [2.45, 2.75) is 19.2 Å². The third-order valence-electron chi connectivity index (χ3n) is 2.78. The summed E-state index contributed by atoms with van der Waals surface area (Å²) >= 11 is 15.4. The predicted molar refractivity (Wildman–Crippen MR) is 84.6 cm³/mol. The SMILES string of the molecule is CCc1cc(Oc2ccc(CCl)cc2Br)ccc1Cl. The zero-order chi connectivity index (χ0) is 13.8. The summed E-state index contributed by atoms with van der Waals surface area (Å²) in [6.45, 7) is 2.07. The molecule has 0 aliphatic rings. The van der Waals surface area contributed by atoms with Gasteiger partial charge in [0.25, 0.3) is 0 Å². The van der Waals surface area contributed by atoms with Crippen LogP contribution >= 0.6 is 39.1 Å². The molecule has 2 aromatic carbocycles. The van der Waals surface area contributed by atoms with Crippen LogP contribution in [0, 0.1) is 0 Å².